The van der Waals surface area contributed by atoms with Gasteiger partial charge in [0.05, 0.1) is 11.5 Å². The van der Waals surface area contributed by atoms with Gasteiger partial charge in [0, 0.05) is 29.9 Å². The standard InChI is InChI=1S/C27H35N3O4/c1-19(31)16-17-30-26(2,3)18-22(24(32)28-20-12-8-6-9-13-20)23(27(30,4)5)34-25(33)29-21-14-10-7-11-15-21/h6-15,22-23H,16-18H2,1-5H3,(H,28,32)(H,29,33). The topological polar surface area (TPSA) is 87.7 Å². The minimum atomic E-state index is -0.736. The third-order valence-electron chi connectivity index (χ3n) is 6.53. The minimum absolute atomic E-state index is 0.0924. The first-order valence-electron chi connectivity index (χ1n) is 11.7. The number of carbonyl (C=O) groups is 3. The van der Waals surface area contributed by atoms with Gasteiger partial charge >= 0.3 is 6.09 Å². The van der Waals surface area contributed by atoms with Gasteiger partial charge in [0.15, 0.2) is 0 Å². The van der Waals surface area contributed by atoms with Crippen LogP contribution in [0.1, 0.15) is 47.5 Å². The summed E-state index contributed by atoms with van der Waals surface area (Å²) in [5.41, 5.74) is 0.201. The number of Topliss-reactive ketones (excluding diaryl/α,β-unsaturated/α-hetero) is 1. The van der Waals surface area contributed by atoms with Crippen LogP contribution in [0.25, 0.3) is 0 Å². The smallest absolute Gasteiger partial charge is 0.411 e. The zero-order chi connectivity index (χ0) is 24.9. The van der Waals surface area contributed by atoms with Crippen molar-refractivity contribution in [2.75, 3.05) is 17.2 Å². The molecule has 0 aromatic heterocycles. The highest BCUT2D eigenvalue weighted by Gasteiger charge is 2.55. The molecule has 2 unspecified atom stereocenters. The van der Waals surface area contributed by atoms with Gasteiger partial charge in [-0.2, -0.15) is 0 Å². The molecule has 182 valence electrons. The van der Waals surface area contributed by atoms with Crippen LogP contribution < -0.4 is 10.6 Å². The van der Waals surface area contributed by atoms with Gasteiger partial charge in [-0.15, -0.1) is 0 Å². The van der Waals surface area contributed by atoms with Crippen LogP contribution in [0, 0.1) is 5.92 Å². The van der Waals surface area contributed by atoms with Crippen molar-refractivity contribution >= 4 is 29.2 Å². The second-order valence-corrected chi connectivity index (χ2v) is 10.1. The number of benzene rings is 2. The predicted octanol–water partition coefficient (Wildman–Crippen LogP) is 5.10. The minimum Gasteiger partial charge on any atom is -0.443 e. The molecular formula is C27H35N3O4. The lowest BCUT2D eigenvalue weighted by molar-refractivity contribution is -0.154. The van der Waals surface area contributed by atoms with E-state index < -0.39 is 29.2 Å². The highest BCUT2D eigenvalue weighted by atomic mass is 16.6. The molecule has 34 heavy (non-hydrogen) atoms. The number of piperidine rings is 1. The lowest BCUT2D eigenvalue weighted by Gasteiger charge is -2.58. The first kappa shape index (κ1) is 25.4. The first-order chi connectivity index (χ1) is 16.0. The van der Waals surface area contributed by atoms with Crippen LogP contribution in [0.3, 0.4) is 0 Å². The molecule has 7 nitrogen and oxygen atoms in total. The monoisotopic (exact) mass is 465 g/mol. The van der Waals surface area contributed by atoms with Gasteiger partial charge in [-0.3, -0.25) is 19.8 Å². The zero-order valence-electron chi connectivity index (χ0n) is 20.6. The van der Waals surface area contributed by atoms with Crippen LogP contribution >= 0.6 is 0 Å². The van der Waals surface area contributed by atoms with E-state index in [2.05, 4.69) is 29.4 Å². The number of ether oxygens (including phenoxy) is 1. The Morgan fingerprint density at radius 2 is 1.44 bits per heavy atom. The van der Waals surface area contributed by atoms with E-state index in [0.29, 0.717) is 30.8 Å². The largest absolute Gasteiger partial charge is 0.443 e. The number of nitrogens with zero attached hydrogens (tertiary/aromatic N) is 1. The Morgan fingerprint density at radius 3 is 1.97 bits per heavy atom. The second kappa shape index (κ2) is 10.4. The molecule has 2 aromatic carbocycles. The molecule has 1 fully saturated rings. The van der Waals surface area contributed by atoms with Crippen LogP contribution in [0.5, 0.6) is 0 Å². The summed E-state index contributed by atoms with van der Waals surface area (Å²) in [6, 6.07) is 18.3. The van der Waals surface area contributed by atoms with Crippen molar-refractivity contribution in [2.45, 2.75) is 64.6 Å². The number of amides is 2. The fourth-order valence-corrected chi connectivity index (χ4v) is 5.04. The number of likely N-dealkylation sites (tertiary alicyclic amines) is 1. The SMILES string of the molecule is CC(=O)CCN1C(C)(C)CC(C(=O)Nc2ccccc2)C(OC(=O)Nc2ccccc2)C1(C)C. The average molecular weight is 466 g/mol. The summed E-state index contributed by atoms with van der Waals surface area (Å²) >= 11 is 0. The van der Waals surface area contributed by atoms with Crippen molar-refractivity contribution in [3.8, 4) is 0 Å². The molecule has 2 atom stereocenters. The predicted molar refractivity (Wildman–Crippen MR) is 134 cm³/mol. The molecule has 0 saturated carbocycles. The molecular weight excluding hydrogens is 430 g/mol. The molecule has 3 rings (SSSR count). The summed E-state index contributed by atoms with van der Waals surface area (Å²) in [7, 11) is 0. The molecule has 0 bridgehead atoms. The van der Waals surface area contributed by atoms with Crippen molar-refractivity contribution in [3.63, 3.8) is 0 Å². The summed E-state index contributed by atoms with van der Waals surface area (Å²) < 4.78 is 5.97. The maximum Gasteiger partial charge on any atom is 0.411 e. The molecule has 2 N–H and O–H groups in total. The number of nitrogens with one attached hydrogen (secondary N) is 2. The van der Waals surface area contributed by atoms with Crippen LogP contribution in [-0.4, -0.2) is 46.4 Å². The van der Waals surface area contributed by atoms with Gasteiger partial charge in [0.25, 0.3) is 0 Å². The number of anilines is 2. The lowest BCUT2D eigenvalue weighted by atomic mass is 9.70. The third-order valence-corrected chi connectivity index (χ3v) is 6.53. The Balaban J connectivity index is 1.90. The zero-order valence-corrected chi connectivity index (χ0v) is 20.6. The summed E-state index contributed by atoms with van der Waals surface area (Å²) in [6.45, 7) is 10.2. The van der Waals surface area contributed by atoms with E-state index in [1.165, 1.54) is 0 Å². The van der Waals surface area contributed by atoms with Crippen molar-refractivity contribution in [1.29, 1.82) is 0 Å². The van der Waals surface area contributed by atoms with E-state index in [0.717, 1.165) is 0 Å². The second-order valence-electron chi connectivity index (χ2n) is 10.1. The van der Waals surface area contributed by atoms with Crippen LogP contribution in [0.2, 0.25) is 0 Å². The maximum atomic E-state index is 13.5. The van der Waals surface area contributed by atoms with Crippen molar-refractivity contribution < 1.29 is 19.1 Å². The Labute approximate surface area is 201 Å². The highest BCUT2D eigenvalue weighted by Crippen LogP contribution is 2.43. The molecule has 7 heteroatoms. The number of ketones is 1. The van der Waals surface area contributed by atoms with E-state index in [1.54, 1.807) is 19.1 Å². The summed E-state index contributed by atoms with van der Waals surface area (Å²) in [5, 5.41) is 5.74. The normalized spacial score (nSPS) is 21.3. The van der Waals surface area contributed by atoms with Crippen molar-refractivity contribution in [1.82, 2.24) is 4.90 Å². The third kappa shape index (κ3) is 6.03. The van der Waals surface area contributed by atoms with E-state index in [1.807, 2.05) is 62.4 Å². The summed E-state index contributed by atoms with van der Waals surface area (Å²) in [6.07, 6.45) is -0.500. The van der Waals surface area contributed by atoms with Crippen LogP contribution in [0.4, 0.5) is 16.2 Å². The molecule has 0 aliphatic carbocycles. The Bertz CT molecular complexity index is 1010. The Hall–Kier alpha value is -3.19. The van der Waals surface area contributed by atoms with Gasteiger partial charge in [-0.05, 0) is 65.3 Å². The molecule has 0 radical (unpaired) electrons. The number of carbonyl (C=O) groups excluding carboxylic acids is 3. The molecule has 2 amide bonds. The van der Waals surface area contributed by atoms with Gasteiger partial charge in [-0.25, -0.2) is 4.79 Å². The van der Waals surface area contributed by atoms with Crippen LogP contribution in [-0.2, 0) is 14.3 Å². The molecule has 2 aromatic rings. The maximum absolute atomic E-state index is 13.5. The Morgan fingerprint density at radius 1 is 0.912 bits per heavy atom. The summed E-state index contributed by atoms with van der Waals surface area (Å²) in [4.78, 5) is 40.3. The van der Waals surface area contributed by atoms with Gasteiger partial charge < -0.3 is 10.1 Å². The number of rotatable bonds is 7. The van der Waals surface area contributed by atoms with E-state index >= 15 is 0 Å². The number of hydrogen-bond acceptors (Lipinski definition) is 5. The van der Waals surface area contributed by atoms with E-state index in [9.17, 15) is 14.4 Å². The molecule has 0 spiro atoms. The molecule has 1 aliphatic heterocycles. The Kier molecular flexibility index (Phi) is 7.77. The molecule has 1 saturated heterocycles. The quantitative estimate of drug-likeness (QED) is 0.594. The van der Waals surface area contributed by atoms with Crippen molar-refractivity contribution in [2.24, 2.45) is 5.92 Å². The van der Waals surface area contributed by atoms with Crippen LogP contribution in [0.15, 0.2) is 60.7 Å². The average Bonchev–Trinajstić information content (AvgIpc) is 2.76. The molecule has 1 heterocycles. The van der Waals surface area contributed by atoms with Gasteiger partial charge in [-0.1, -0.05) is 36.4 Å². The van der Waals surface area contributed by atoms with Gasteiger partial charge in [0.2, 0.25) is 5.91 Å². The fourth-order valence-electron chi connectivity index (χ4n) is 5.04. The fraction of sp³-hybridized carbons (Fsp3) is 0.444. The summed E-state index contributed by atoms with van der Waals surface area (Å²) in [5.74, 6) is -0.689. The van der Waals surface area contributed by atoms with E-state index in [-0.39, 0.29) is 11.7 Å². The van der Waals surface area contributed by atoms with E-state index in [4.69, 9.17) is 4.74 Å². The first-order valence-corrected chi connectivity index (χ1v) is 11.7. The number of para-hydroxylation sites is 2. The van der Waals surface area contributed by atoms with Crippen molar-refractivity contribution in [3.05, 3.63) is 60.7 Å². The van der Waals surface area contributed by atoms with Gasteiger partial charge in [0.1, 0.15) is 11.9 Å². The number of hydrogen-bond donors (Lipinski definition) is 2. The highest BCUT2D eigenvalue weighted by molar-refractivity contribution is 5.93. The molecule has 1 aliphatic rings. The lowest BCUT2D eigenvalue weighted by Crippen LogP contribution is -2.69.